The average Bonchev–Trinajstić information content (AvgIpc) is 3.37. The molecular weight excluding hydrogens is 292 g/mol. The summed E-state index contributed by atoms with van der Waals surface area (Å²) in [7, 11) is 0. The van der Waals surface area contributed by atoms with Crippen LogP contribution in [0.25, 0.3) is 0 Å². The Bertz CT molecular complexity index is 586. The number of rotatable bonds is 2. The highest BCUT2D eigenvalue weighted by atomic mass is 16.2. The van der Waals surface area contributed by atoms with E-state index in [1.54, 1.807) is 0 Å². The second kappa shape index (κ2) is 4.68. The molecule has 1 N–H and O–H groups in total. The fourth-order valence-corrected chi connectivity index (χ4v) is 5.63. The molecule has 0 spiro atoms. The van der Waals surface area contributed by atoms with Crippen LogP contribution in [-0.4, -0.2) is 22.7 Å². The highest BCUT2D eigenvalue weighted by molar-refractivity contribution is 6.07. The zero-order valence-corrected chi connectivity index (χ0v) is 13.1. The normalized spacial score (nSPS) is 44.3. The van der Waals surface area contributed by atoms with Crippen molar-refractivity contribution in [3.63, 3.8) is 0 Å². The molecule has 2 bridgehead atoms. The molecule has 1 heterocycles. The molecule has 4 unspecified atom stereocenters. The van der Waals surface area contributed by atoms with E-state index < -0.39 is 0 Å². The van der Waals surface area contributed by atoms with Crippen molar-refractivity contribution in [2.75, 3.05) is 0 Å². The number of nitrogens with one attached hydrogen (secondary N) is 1. The van der Waals surface area contributed by atoms with Gasteiger partial charge in [0.15, 0.2) is 0 Å². The van der Waals surface area contributed by atoms with Gasteiger partial charge in [0.2, 0.25) is 5.91 Å². The third kappa shape index (κ3) is 1.82. The van der Waals surface area contributed by atoms with Crippen LogP contribution < -0.4 is 5.43 Å². The van der Waals surface area contributed by atoms with Gasteiger partial charge in [-0.15, -0.1) is 0 Å². The standard InChI is InChI=1S/C18H22N2O3/c21-16(9-4-2-1-3-5-9)19-20-17(22)14-10-6-7-11(13-8-12(10)13)15(14)18(20)23/h6-7,9-15H,1-5,8H2,(H,19,21)/t10?,11?,12?,13?,14-,15+. The van der Waals surface area contributed by atoms with Gasteiger partial charge in [-0.05, 0) is 42.9 Å². The van der Waals surface area contributed by atoms with Crippen molar-refractivity contribution in [3.8, 4) is 0 Å². The minimum absolute atomic E-state index is 0.0461. The summed E-state index contributed by atoms with van der Waals surface area (Å²) in [5.41, 5.74) is 2.67. The van der Waals surface area contributed by atoms with Crippen LogP contribution in [0.2, 0.25) is 0 Å². The Morgan fingerprint density at radius 2 is 1.52 bits per heavy atom. The van der Waals surface area contributed by atoms with Crippen LogP contribution >= 0.6 is 0 Å². The van der Waals surface area contributed by atoms with E-state index in [0.29, 0.717) is 11.8 Å². The van der Waals surface area contributed by atoms with Crippen LogP contribution in [0.3, 0.4) is 0 Å². The molecule has 5 heteroatoms. The largest absolute Gasteiger partial charge is 0.273 e. The van der Waals surface area contributed by atoms with Gasteiger partial charge in [-0.3, -0.25) is 19.8 Å². The van der Waals surface area contributed by atoms with Gasteiger partial charge in [-0.25, -0.2) is 0 Å². The molecule has 6 atom stereocenters. The zero-order valence-electron chi connectivity index (χ0n) is 13.1. The smallest absolute Gasteiger partial charge is 0.252 e. The van der Waals surface area contributed by atoms with Crippen molar-refractivity contribution >= 4 is 17.7 Å². The lowest BCUT2D eigenvalue weighted by molar-refractivity contribution is -0.150. The first-order chi connectivity index (χ1) is 11.2. The quantitative estimate of drug-likeness (QED) is 0.622. The summed E-state index contributed by atoms with van der Waals surface area (Å²) >= 11 is 0. The van der Waals surface area contributed by atoms with Crippen LogP contribution in [0, 0.1) is 41.4 Å². The van der Waals surface area contributed by atoms with Crippen LogP contribution in [-0.2, 0) is 14.4 Å². The van der Waals surface area contributed by atoms with E-state index in [4.69, 9.17) is 0 Å². The monoisotopic (exact) mass is 314 g/mol. The van der Waals surface area contributed by atoms with Crippen molar-refractivity contribution in [3.05, 3.63) is 12.2 Å². The Morgan fingerprint density at radius 1 is 0.957 bits per heavy atom. The van der Waals surface area contributed by atoms with Gasteiger partial charge in [-0.2, -0.15) is 5.01 Å². The second-order valence-corrected chi connectivity index (χ2v) is 7.98. The van der Waals surface area contributed by atoms with Gasteiger partial charge in [0.05, 0.1) is 11.8 Å². The van der Waals surface area contributed by atoms with E-state index in [0.717, 1.165) is 37.1 Å². The zero-order chi connectivity index (χ0) is 15.7. The number of allylic oxidation sites excluding steroid dienone is 2. The van der Waals surface area contributed by atoms with E-state index in [9.17, 15) is 14.4 Å². The fraction of sp³-hybridized carbons (Fsp3) is 0.722. The highest BCUT2D eigenvalue weighted by Crippen LogP contribution is 2.65. The summed E-state index contributed by atoms with van der Waals surface area (Å²) in [5.74, 6) is 0.620. The van der Waals surface area contributed by atoms with Crippen LogP contribution in [0.4, 0.5) is 0 Å². The third-order valence-corrected chi connectivity index (χ3v) is 6.86. The topological polar surface area (TPSA) is 66.5 Å². The Balaban J connectivity index is 1.36. The van der Waals surface area contributed by atoms with Crippen LogP contribution in [0.5, 0.6) is 0 Å². The van der Waals surface area contributed by atoms with E-state index in [1.807, 2.05) is 0 Å². The molecule has 4 fully saturated rings. The van der Waals surface area contributed by atoms with E-state index in [2.05, 4.69) is 17.6 Å². The van der Waals surface area contributed by atoms with Crippen molar-refractivity contribution < 1.29 is 14.4 Å². The molecule has 1 saturated heterocycles. The van der Waals surface area contributed by atoms with Gasteiger partial charge >= 0.3 is 0 Å². The van der Waals surface area contributed by atoms with Crippen LogP contribution in [0.15, 0.2) is 12.2 Å². The Labute approximate surface area is 135 Å². The number of carbonyl (C=O) groups excluding carboxylic acids is 3. The summed E-state index contributed by atoms with van der Waals surface area (Å²) in [6.07, 6.45) is 10.5. The molecule has 122 valence electrons. The van der Waals surface area contributed by atoms with Gasteiger partial charge in [0, 0.05) is 5.92 Å². The summed E-state index contributed by atoms with van der Waals surface area (Å²) in [6.45, 7) is 0. The molecule has 5 aliphatic carbocycles. The second-order valence-electron chi connectivity index (χ2n) is 7.98. The van der Waals surface area contributed by atoms with E-state index in [1.165, 1.54) is 6.42 Å². The molecule has 5 nitrogen and oxygen atoms in total. The fourth-order valence-electron chi connectivity index (χ4n) is 5.63. The molecular formula is C18H22N2O3. The van der Waals surface area contributed by atoms with Gasteiger partial charge in [0.1, 0.15) is 0 Å². The third-order valence-electron chi connectivity index (χ3n) is 6.86. The molecule has 0 aromatic heterocycles. The minimum Gasteiger partial charge on any atom is -0.273 e. The van der Waals surface area contributed by atoms with Crippen molar-refractivity contribution in [2.45, 2.75) is 38.5 Å². The van der Waals surface area contributed by atoms with Crippen molar-refractivity contribution in [1.29, 1.82) is 0 Å². The average molecular weight is 314 g/mol. The van der Waals surface area contributed by atoms with Gasteiger partial charge < -0.3 is 0 Å². The van der Waals surface area contributed by atoms with E-state index >= 15 is 0 Å². The maximum atomic E-state index is 12.8. The lowest BCUT2D eigenvalue weighted by atomic mass is 9.63. The predicted octanol–water partition coefficient (Wildman–Crippen LogP) is 1.65. The predicted molar refractivity (Wildman–Crippen MR) is 81.3 cm³/mol. The van der Waals surface area contributed by atoms with Crippen LogP contribution in [0.1, 0.15) is 38.5 Å². The van der Waals surface area contributed by atoms with Crippen molar-refractivity contribution in [1.82, 2.24) is 10.4 Å². The number of nitrogens with zero attached hydrogens (tertiary/aromatic N) is 1. The van der Waals surface area contributed by atoms with Gasteiger partial charge in [-0.1, -0.05) is 31.4 Å². The summed E-state index contributed by atoms with van der Waals surface area (Å²) in [6, 6.07) is 0. The highest BCUT2D eigenvalue weighted by Gasteiger charge is 2.67. The molecule has 0 aromatic rings. The lowest BCUT2D eigenvalue weighted by Gasteiger charge is -2.37. The Hall–Kier alpha value is -1.65. The van der Waals surface area contributed by atoms with E-state index in [-0.39, 0.29) is 47.3 Å². The Kier molecular flexibility index (Phi) is 2.80. The minimum atomic E-state index is -0.229. The number of carbonyl (C=O) groups is 3. The summed E-state index contributed by atoms with van der Waals surface area (Å²) < 4.78 is 0. The number of hydrogen-bond donors (Lipinski definition) is 1. The Morgan fingerprint density at radius 3 is 2.09 bits per heavy atom. The maximum absolute atomic E-state index is 12.8. The van der Waals surface area contributed by atoms with Gasteiger partial charge in [0.25, 0.3) is 11.8 Å². The molecule has 6 rings (SSSR count). The number of hydrazine groups is 1. The van der Waals surface area contributed by atoms with Crippen molar-refractivity contribution in [2.24, 2.45) is 41.4 Å². The first-order valence-corrected chi connectivity index (χ1v) is 9.03. The number of amides is 3. The number of imide groups is 1. The molecule has 1 aliphatic heterocycles. The molecule has 23 heavy (non-hydrogen) atoms. The molecule has 3 saturated carbocycles. The molecule has 0 radical (unpaired) electrons. The molecule has 0 aromatic carbocycles. The summed E-state index contributed by atoms with van der Waals surface area (Å²) in [5, 5.41) is 1.07. The summed E-state index contributed by atoms with van der Waals surface area (Å²) in [4.78, 5) is 38.0. The first kappa shape index (κ1) is 13.8. The maximum Gasteiger partial charge on any atom is 0.252 e. The molecule has 3 amide bonds. The molecule has 6 aliphatic rings. The SMILES string of the molecule is O=C(NN1C(=O)[C@@H]2C3C=CC(C4CC43)[C@@H]2C1=O)C1CCCCC1. The number of hydrogen-bond acceptors (Lipinski definition) is 3. The lowest BCUT2D eigenvalue weighted by Crippen LogP contribution is -2.49. The first-order valence-electron chi connectivity index (χ1n) is 9.03.